The highest BCUT2D eigenvalue weighted by Crippen LogP contribution is 2.42. The molecule has 2 aliphatic rings. The molecule has 2 atom stereocenters. The number of aliphatic hydroxyl groups is 1. The number of hydrogen-bond acceptors (Lipinski definition) is 3. The molecule has 4 nitrogen and oxygen atoms in total. The topological polar surface area (TPSA) is 41.3 Å². The van der Waals surface area contributed by atoms with Gasteiger partial charge in [-0.1, -0.05) is 11.6 Å². The lowest BCUT2D eigenvalue weighted by Gasteiger charge is -2.41. The minimum atomic E-state index is -0.816. The molecule has 5 heteroatoms. The lowest BCUT2D eigenvalue weighted by Crippen LogP contribution is -2.47. The summed E-state index contributed by atoms with van der Waals surface area (Å²) in [5, 5.41) is 16.0. The lowest BCUT2D eigenvalue weighted by molar-refractivity contribution is -0.0477. The van der Waals surface area contributed by atoms with Gasteiger partial charge in [0.05, 0.1) is 16.9 Å². The molecule has 2 unspecified atom stereocenters. The average Bonchev–Trinajstić information content (AvgIpc) is 2.94. The molecule has 0 bridgehead atoms. The molecule has 1 aromatic heterocycles. The van der Waals surface area contributed by atoms with Gasteiger partial charge in [-0.2, -0.15) is 5.10 Å². The normalized spacial score (nSPS) is 31.9. The van der Waals surface area contributed by atoms with Crippen LogP contribution < -0.4 is 0 Å². The van der Waals surface area contributed by atoms with E-state index in [-0.39, 0.29) is 6.04 Å². The van der Waals surface area contributed by atoms with Crippen molar-refractivity contribution >= 4 is 11.6 Å². The summed E-state index contributed by atoms with van der Waals surface area (Å²) < 4.78 is 1.88. The van der Waals surface area contributed by atoms with Gasteiger partial charge in [0, 0.05) is 18.6 Å². The molecule has 1 N–H and O–H groups in total. The number of fused-ring (bicyclic) bond motifs is 1. The van der Waals surface area contributed by atoms with Gasteiger partial charge in [-0.3, -0.25) is 4.68 Å². The Morgan fingerprint density at radius 3 is 3.00 bits per heavy atom. The quantitative estimate of drug-likeness (QED) is 0.907. The van der Waals surface area contributed by atoms with Gasteiger partial charge in [-0.15, -0.1) is 0 Å². The SMILES string of the molecule is CC(C)n1ncc(Cl)c1C1(O)CCN2CCCC2C1. The molecule has 0 radical (unpaired) electrons. The van der Waals surface area contributed by atoms with Crippen molar-refractivity contribution in [2.24, 2.45) is 0 Å². The maximum atomic E-state index is 11.1. The third kappa shape index (κ3) is 2.20. The Labute approximate surface area is 119 Å². The highest BCUT2D eigenvalue weighted by Gasteiger charge is 2.44. The van der Waals surface area contributed by atoms with Crippen LogP contribution in [0.5, 0.6) is 0 Å². The molecule has 2 aliphatic heterocycles. The van der Waals surface area contributed by atoms with Crippen LogP contribution in [-0.4, -0.2) is 38.9 Å². The largest absolute Gasteiger partial charge is 0.383 e. The van der Waals surface area contributed by atoms with Crippen LogP contribution in [0.3, 0.4) is 0 Å². The zero-order valence-corrected chi connectivity index (χ0v) is 12.4. The van der Waals surface area contributed by atoms with Crippen molar-refractivity contribution < 1.29 is 5.11 Å². The average molecular weight is 284 g/mol. The number of hydrogen-bond donors (Lipinski definition) is 1. The summed E-state index contributed by atoms with van der Waals surface area (Å²) in [6.07, 6.45) is 5.64. The zero-order valence-electron chi connectivity index (χ0n) is 11.6. The monoisotopic (exact) mass is 283 g/mol. The van der Waals surface area contributed by atoms with Crippen LogP contribution in [0.2, 0.25) is 5.02 Å². The Bertz CT molecular complexity index is 473. The van der Waals surface area contributed by atoms with Gasteiger partial charge < -0.3 is 10.0 Å². The van der Waals surface area contributed by atoms with E-state index in [1.807, 2.05) is 4.68 Å². The van der Waals surface area contributed by atoms with Crippen molar-refractivity contribution in [1.29, 1.82) is 0 Å². The van der Waals surface area contributed by atoms with E-state index in [4.69, 9.17) is 11.6 Å². The van der Waals surface area contributed by atoms with Crippen LogP contribution in [0.25, 0.3) is 0 Å². The molecule has 3 rings (SSSR count). The predicted molar refractivity (Wildman–Crippen MR) is 75.3 cm³/mol. The van der Waals surface area contributed by atoms with E-state index in [1.54, 1.807) is 6.20 Å². The molecular formula is C14H22ClN3O. The maximum absolute atomic E-state index is 11.1. The summed E-state index contributed by atoms with van der Waals surface area (Å²) in [6.45, 7) is 6.28. The smallest absolute Gasteiger partial charge is 0.110 e. The van der Waals surface area contributed by atoms with Crippen LogP contribution in [0, 0.1) is 0 Å². The van der Waals surface area contributed by atoms with Gasteiger partial charge in [-0.25, -0.2) is 0 Å². The summed E-state index contributed by atoms with van der Waals surface area (Å²) in [5.41, 5.74) is -0.000633. The summed E-state index contributed by atoms with van der Waals surface area (Å²) in [4.78, 5) is 2.50. The molecule has 2 saturated heterocycles. The predicted octanol–water partition coefficient (Wildman–Crippen LogP) is 2.56. The standard InChI is InChI=1S/C14H22ClN3O/c1-10(2)18-13(12(15)9-16-18)14(19)5-7-17-6-3-4-11(17)8-14/h9-11,19H,3-8H2,1-2H3. The van der Waals surface area contributed by atoms with Gasteiger partial charge in [0.1, 0.15) is 5.60 Å². The van der Waals surface area contributed by atoms with E-state index >= 15 is 0 Å². The summed E-state index contributed by atoms with van der Waals surface area (Å²) in [5.74, 6) is 0. The van der Waals surface area contributed by atoms with E-state index in [1.165, 1.54) is 19.4 Å². The molecule has 106 valence electrons. The van der Waals surface area contributed by atoms with Crippen molar-refractivity contribution in [2.75, 3.05) is 13.1 Å². The molecule has 0 aliphatic carbocycles. The zero-order chi connectivity index (χ0) is 13.6. The first-order valence-corrected chi connectivity index (χ1v) is 7.59. The van der Waals surface area contributed by atoms with Crippen LogP contribution in [0.15, 0.2) is 6.20 Å². The van der Waals surface area contributed by atoms with Gasteiger partial charge in [0.2, 0.25) is 0 Å². The van der Waals surface area contributed by atoms with E-state index in [0.717, 1.165) is 25.1 Å². The number of halogens is 1. The molecule has 0 saturated carbocycles. The second-order valence-corrected chi connectivity index (χ2v) is 6.60. The Morgan fingerprint density at radius 1 is 1.47 bits per heavy atom. The third-order valence-electron chi connectivity index (χ3n) is 4.57. The van der Waals surface area contributed by atoms with Crippen molar-refractivity contribution in [1.82, 2.24) is 14.7 Å². The minimum Gasteiger partial charge on any atom is -0.383 e. The van der Waals surface area contributed by atoms with Gasteiger partial charge in [0.15, 0.2) is 0 Å². The highest BCUT2D eigenvalue weighted by molar-refractivity contribution is 6.31. The lowest BCUT2D eigenvalue weighted by atomic mass is 9.83. The summed E-state index contributed by atoms with van der Waals surface area (Å²) >= 11 is 6.30. The fourth-order valence-corrected chi connectivity index (χ4v) is 3.93. The Morgan fingerprint density at radius 2 is 2.26 bits per heavy atom. The van der Waals surface area contributed by atoms with Crippen LogP contribution >= 0.6 is 11.6 Å². The van der Waals surface area contributed by atoms with Crippen LogP contribution in [0.4, 0.5) is 0 Å². The van der Waals surface area contributed by atoms with Crippen molar-refractivity contribution in [3.8, 4) is 0 Å². The van der Waals surface area contributed by atoms with E-state index in [2.05, 4.69) is 23.8 Å². The van der Waals surface area contributed by atoms with Gasteiger partial charge in [0.25, 0.3) is 0 Å². The van der Waals surface area contributed by atoms with E-state index in [0.29, 0.717) is 11.1 Å². The molecule has 19 heavy (non-hydrogen) atoms. The number of piperidine rings is 1. The van der Waals surface area contributed by atoms with Gasteiger partial charge >= 0.3 is 0 Å². The number of nitrogens with zero attached hydrogens (tertiary/aromatic N) is 3. The fraction of sp³-hybridized carbons (Fsp3) is 0.786. The van der Waals surface area contributed by atoms with Crippen LogP contribution in [-0.2, 0) is 5.60 Å². The number of rotatable bonds is 2. The molecule has 0 spiro atoms. The molecule has 3 heterocycles. The molecule has 0 aromatic carbocycles. The molecule has 0 amide bonds. The Balaban J connectivity index is 1.94. The van der Waals surface area contributed by atoms with Crippen molar-refractivity contribution in [3.63, 3.8) is 0 Å². The first-order chi connectivity index (χ1) is 9.01. The summed E-state index contributed by atoms with van der Waals surface area (Å²) in [6, 6.07) is 0.721. The molecule has 1 aromatic rings. The molecule has 2 fully saturated rings. The van der Waals surface area contributed by atoms with Crippen molar-refractivity contribution in [2.45, 2.75) is 57.2 Å². The second-order valence-electron chi connectivity index (χ2n) is 6.20. The Kier molecular flexibility index (Phi) is 3.36. The summed E-state index contributed by atoms with van der Waals surface area (Å²) in [7, 11) is 0. The van der Waals surface area contributed by atoms with E-state index in [9.17, 15) is 5.11 Å². The number of aromatic nitrogens is 2. The molecular weight excluding hydrogens is 262 g/mol. The first-order valence-electron chi connectivity index (χ1n) is 7.21. The third-order valence-corrected chi connectivity index (χ3v) is 4.84. The van der Waals surface area contributed by atoms with E-state index < -0.39 is 5.60 Å². The fourth-order valence-electron chi connectivity index (χ4n) is 3.62. The first kappa shape index (κ1) is 13.4. The highest BCUT2D eigenvalue weighted by atomic mass is 35.5. The Hall–Kier alpha value is -0.580. The minimum absolute atomic E-state index is 0.216. The van der Waals surface area contributed by atoms with Gasteiger partial charge in [-0.05, 0) is 46.1 Å². The second kappa shape index (κ2) is 4.76. The van der Waals surface area contributed by atoms with Crippen LogP contribution in [0.1, 0.15) is 51.3 Å². The van der Waals surface area contributed by atoms with Crippen molar-refractivity contribution in [3.05, 3.63) is 16.9 Å². The maximum Gasteiger partial charge on any atom is 0.110 e.